The van der Waals surface area contributed by atoms with Gasteiger partial charge >= 0.3 is 0 Å². The normalized spacial score (nSPS) is 19.5. The molecule has 1 atom stereocenters. The number of fused-ring (bicyclic) bond motifs is 1. The second-order valence-corrected chi connectivity index (χ2v) is 18.5. The highest BCUT2D eigenvalue weighted by atomic mass is 127. The number of pyridine rings is 1. The minimum atomic E-state index is -1.37. The predicted octanol–water partition coefficient (Wildman–Crippen LogP) is 2.65. The minimum absolute atomic E-state index is 0.0656. The molecular formula is C40H48ClIN11O7-. The zero-order valence-corrected chi connectivity index (χ0v) is 36.7. The van der Waals surface area contributed by atoms with Crippen LogP contribution in [0.1, 0.15) is 39.5 Å². The maximum atomic E-state index is 13.4. The molecule has 6 heterocycles. The maximum absolute atomic E-state index is 13.4. The van der Waals surface area contributed by atoms with Crippen LogP contribution in [-0.4, -0.2) is 119 Å². The number of rotatable bonds is 11. The monoisotopic (exact) mass is 956 g/mol. The van der Waals surface area contributed by atoms with E-state index in [9.17, 15) is 29.2 Å². The quantitative estimate of drug-likeness (QED) is 0.124. The highest BCUT2D eigenvalue weighted by Gasteiger charge is 2.39. The van der Waals surface area contributed by atoms with Gasteiger partial charge < -0.3 is 43.5 Å². The zero-order valence-electron chi connectivity index (χ0n) is 33.8. The number of hydrogen-bond donors (Lipinski definition) is 4. The van der Waals surface area contributed by atoms with Crippen molar-refractivity contribution in [1.29, 1.82) is 0 Å². The largest absolute Gasteiger partial charge is 0.749 e. The van der Waals surface area contributed by atoms with Crippen LogP contribution >= 0.6 is 32.6 Å². The summed E-state index contributed by atoms with van der Waals surface area (Å²) in [5.74, 6) is 0.328. The van der Waals surface area contributed by atoms with Crippen LogP contribution in [0.2, 0.25) is 5.02 Å². The lowest BCUT2D eigenvalue weighted by Crippen LogP contribution is -2.59. The van der Waals surface area contributed by atoms with Crippen molar-refractivity contribution in [3.63, 3.8) is 0 Å². The summed E-state index contributed by atoms with van der Waals surface area (Å²) in [4.78, 5) is 77.3. The van der Waals surface area contributed by atoms with Crippen LogP contribution in [0.15, 0.2) is 59.3 Å². The Morgan fingerprint density at radius 3 is 2.52 bits per heavy atom. The van der Waals surface area contributed by atoms with Gasteiger partial charge in [-0.05, 0) is 75.4 Å². The van der Waals surface area contributed by atoms with Crippen molar-refractivity contribution in [2.45, 2.75) is 51.1 Å². The molecule has 18 nitrogen and oxygen atoms in total. The first-order chi connectivity index (χ1) is 28.7. The number of allylic oxidation sites excluding steroid dienone is 2. The summed E-state index contributed by atoms with van der Waals surface area (Å²) in [6.07, 6.45) is 8.92. The van der Waals surface area contributed by atoms with Gasteiger partial charge in [-0.1, -0.05) is 17.7 Å². The molecule has 4 aliphatic rings. The van der Waals surface area contributed by atoms with Crippen LogP contribution < -0.4 is 36.5 Å². The summed E-state index contributed by atoms with van der Waals surface area (Å²) in [6.45, 7) is 8.80. The number of hydroxylamine groups is 1. The number of piperidine rings is 2. The second-order valence-electron chi connectivity index (χ2n) is 15.5. The zero-order chi connectivity index (χ0) is 42.7. The molecule has 7 rings (SSSR count). The number of imide groups is 1. The molecule has 20 heteroatoms. The number of nitrogens with one attached hydrogen (secondary N) is 4. The Kier molecular flexibility index (Phi) is 13.1. The molecule has 0 spiro atoms. The number of anilines is 3. The number of hydrogen-bond acceptors (Lipinski definition) is 14. The topological polar surface area (TPSA) is 209 Å². The molecule has 320 valence electrons. The minimum Gasteiger partial charge on any atom is -0.749 e. The van der Waals surface area contributed by atoms with E-state index in [-0.39, 0.29) is 48.1 Å². The summed E-state index contributed by atoms with van der Waals surface area (Å²) >= 11 is 5.21. The number of likely N-dealkylation sites (tertiary alicyclic amines) is 1. The summed E-state index contributed by atoms with van der Waals surface area (Å²) in [6, 6.07) is 6.33. The van der Waals surface area contributed by atoms with E-state index in [2.05, 4.69) is 54.8 Å². The van der Waals surface area contributed by atoms with Gasteiger partial charge in [-0.3, -0.25) is 34.2 Å². The second kappa shape index (κ2) is 18.2. The van der Waals surface area contributed by atoms with Gasteiger partial charge in [0.1, 0.15) is 16.9 Å². The highest BCUT2D eigenvalue weighted by Crippen LogP contribution is 2.36. The summed E-state index contributed by atoms with van der Waals surface area (Å²) in [5, 5.41) is 25.2. The van der Waals surface area contributed by atoms with E-state index in [0.717, 1.165) is 47.7 Å². The van der Waals surface area contributed by atoms with Gasteiger partial charge in [0.05, 0.1) is 15.2 Å². The first kappa shape index (κ1) is 43.0. The Balaban J connectivity index is 0.930. The number of carbonyl (C=O) groups is 4. The van der Waals surface area contributed by atoms with Gasteiger partial charge in [-0.2, -0.15) is 4.98 Å². The molecule has 3 saturated heterocycles. The van der Waals surface area contributed by atoms with Crippen LogP contribution in [0, 0.1) is 11.1 Å². The number of carbonyl (C=O) groups excluding carboxylic acids is 4. The smallest absolute Gasteiger partial charge is 0.293 e. The lowest BCUT2D eigenvalue weighted by molar-refractivity contribution is -0.136. The number of amides is 4. The van der Waals surface area contributed by atoms with Crippen LogP contribution in [0.4, 0.5) is 17.5 Å². The fourth-order valence-electron chi connectivity index (χ4n) is 7.96. The molecule has 60 heavy (non-hydrogen) atoms. The van der Waals surface area contributed by atoms with E-state index in [1.54, 1.807) is 37.5 Å². The lowest BCUT2D eigenvalue weighted by atomic mass is 9.78. The molecular weight excluding hydrogens is 909 g/mol. The number of likely N-dealkylation sites (N-methyl/N-ethyl adjacent to an activating group) is 1. The van der Waals surface area contributed by atoms with Crippen LogP contribution in [0.3, 0.4) is 0 Å². The third kappa shape index (κ3) is 9.43. The summed E-state index contributed by atoms with van der Waals surface area (Å²) in [5.41, 5.74) is 0.930. The molecule has 0 radical (unpaired) electrons. The van der Waals surface area contributed by atoms with E-state index in [0.29, 0.717) is 56.3 Å². The molecule has 4 N–H and O–H groups in total. The molecule has 0 bridgehead atoms. The third-order valence-electron chi connectivity index (χ3n) is 11.6. The molecule has 2 aromatic heterocycles. The lowest BCUT2D eigenvalue weighted by Gasteiger charge is -2.51. The van der Waals surface area contributed by atoms with Crippen molar-refractivity contribution in [3.8, 4) is 5.75 Å². The molecule has 0 aliphatic carbocycles. The summed E-state index contributed by atoms with van der Waals surface area (Å²) < 4.78 is 8.28. The third-order valence-corrected chi connectivity index (χ3v) is 14.2. The van der Waals surface area contributed by atoms with Gasteiger partial charge in [-0.15, -0.1) is 0 Å². The van der Waals surface area contributed by atoms with E-state index in [1.807, 2.05) is 18.2 Å². The van der Waals surface area contributed by atoms with E-state index in [1.165, 1.54) is 11.6 Å². The van der Waals surface area contributed by atoms with Gasteiger partial charge in [0.2, 0.25) is 17.8 Å². The Morgan fingerprint density at radius 2 is 1.80 bits per heavy atom. The average Bonchev–Trinajstić information content (AvgIpc) is 3.44. The predicted molar refractivity (Wildman–Crippen MR) is 237 cm³/mol. The van der Waals surface area contributed by atoms with Crippen molar-refractivity contribution in [2.75, 3.05) is 63.1 Å². The number of aryl methyl sites for hydroxylation is 1. The van der Waals surface area contributed by atoms with E-state index < -0.39 is 38.9 Å². The first-order valence-corrected chi connectivity index (χ1v) is 22.2. The molecule has 4 aliphatic heterocycles. The maximum Gasteiger partial charge on any atom is 0.293 e. The first-order valence-electron chi connectivity index (χ1n) is 19.8. The number of halogens is 2. The number of aromatic nitrogens is 3. The van der Waals surface area contributed by atoms with Crippen molar-refractivity contribution in [3.05, 3.63) is 75.1 Å². The van der Waals surface area contributed by atoms with Crippen molar-refractivity contribution >= 4 is 88.1 Å². The molecule has 4 amide bonds. The van der Waals surface area contributed by atoms with Crippen molar-refractivity contribution in [2.24, 2.45) is 13.0 Å². The fourth-order valence-corrected chi connectivity index (χ4v) is 10.0. The van der Waals surface area contributed by atoms with Crippen LogP contribution in [-0.2, 0) is 26.2 Å². The summed E-state index contributed by atoms with van der Waals surface area (Å²) in [7, 11) is 3.15. The number of ether oxygens (including phenoxy) is 1. The van der Waals surface area contributed by atoms with Gasteiger partial charge in [0.25, 0.3) is 17.4 Å². The van der Waals surface area contributed by atoms with Crippen molar-refractivity contribution < 1.29 is 23.9 Å². The van der Waals surface area contributed by atoms with E-state index >= 15 is 0 Å². The average molecular weight is 957 g/mol. The van der Waals surface area contributed by atoms with Gasteiger partial charge in [0, 0.05) is 97.4 Å². The molecule has 3 fully saturated rings. The van der Waals surface area contributed by atoms with Gasteiger partial charge in [-0.25, -0.2) is 4.98 Å². The Morgan fingerprint density at radius 1 is 1.05 bits per heavy atom. The van der Waals surface area contributed by atoms with Crippen molar-refractivity contribution in [1.82, 2.24) is 43.6 Å². The number of nitrogens with zero attached hydrogens (tertiary/aromatic N) is 7. The number of piperazine rings is 1. The standard InChI is InChI=1S/C40H48ClIN11O7/c1-40(2,25-12-14-50(15-13-25)34-7-5-6-28(42-53(34)59)36(56)46-29-9-11-32(54)47-37(29)57)52-18-16-51(17-19-52)39-44-22-27(41)35(48-39)45-26-8-10-30-24(20-26)21-31(38(58)49(30)4)60-23-33(55)43-3/h5-8,10,20-22,25,29H,9,11-19,23H2,1-4H3,(H,43,55)(H,46,56)(H,44,45,48)(H,47,54,57)/q-1. The molecule has 1 aromatic carbocycles. The van der Waals surface area contributed by atoms with E-state index in [4.69, 9.17) is 21.3 Å². The Hall–Kier alpha value is -5.12. The Bertz CT molecular complexity index is 2340. The molecule has 1 unspecified atom stereocenters. The molecule has 3 aromatic rings. The van der Waals surface area contributed by atoms with Crippen LogP contribution in [0.25, 0.3) is 10.9 Å². The van der Waals surface area contributed by atoms with Crippen LogP contribution in [0.5, 0.6) is 5.75 Å². The number of benzene rings is 1. The SMILES string of the molecule is CNC(=O)COc1cc2cc(Nc3nc(N4CCN(C(C)(C)C5CCN(C6=CC=CC(C(=O)NC7CCC(=O)NC7=O)=IN6[O-])CC5)CC4)ncc3Cl)ccc2n(C)c1=O. The highest BCUT2D eigenvalue weighted by molar-refractivity contribution is 14.2. The Labute approximate surface area is 362 Å². The fraction of sp³-hybridized carbons (Fsp3) is 0.450. The van der Waals surface area contributed by atoms with Gasteiger partial charge in [0.15, 0.2) is 18.2 Å². The molecule has 0 saturated carbocycles.